The molecule has 1 aromatic carbocycles. The number of rotatable bonds is 4. The van der Waals surface area contributed by atoms with E-state index in [1.54, 1.807) is 4.90 Å². The van der Waals surface area contributed by atoms with Crippen molar-refractivity contribution in [1.29, 1.82) is 0 Å². The van der Waals surface area contributed by atoms with E-state index in [4.69, 9.17) is 0 Å². The number of nitro groups is 1. The van der Waals surface area contributed by atoms with Gasteiger partial charge >= 0.3 is 6.18 Å². The van der Waals surface area contributed by atoms with Crippen molar-refractivity contribution < 1.29 is 18.1 Å². The lowest BCUT2D eigenvalue weighted by Crippen LogP contribution is -2.37. The summed E-state index contributed by atoms with van der Waals surface area (Å²) in [7, 11) is 0. The Morgan fingerprint density at radius 3 is 2.00 bits per heavy atom. The number of halogens is 3. The van der Waals surface area contributed by atoms with Crippen LogP contribution in [0.3, 0.4) is 0 Å². The molecule has 0 atom stereocenters. The van der Waals surface area contributed by atoms with Crippen molar-refractivity contribution in [2.75, 3.05) is 4.90 Å². The third-order valence-corrected chi connectivity index (χ3v) is 2.89. The van der Waals surface area contributed by atoms with Crippen LogP contribution in [0.4, 0.5) is 24.5 Å². The SMILES string of the molecule is CC(C)N(c1ccc(C(F)(F)F)cc1[N+](=O)[O-])C(C)C. The molecule has 0 aromatic heterocycles. The first-order valence-corrected chi connectivity index (χ1v) is 6.19. The summed E-state index contributed by atoms with van der Waals surface area (Å²) in [5, 5.41) is 11.1. The molecule has 0 amide bonds. The van der Waals surface area contributed by atoms with Gasteiger partial charge in [-0.25, -0.2) is 0 Å². The highest BCUT2D eigenvalue weighted by Gasteiger charge is 2.34. The van der Waals surface area contributed by atoms with Crippen molar-refractivity contribution in [3.8, 4) is 0 Å². The quantitative estimate of drug-likeness (QED) is 0.615. The molecule has 1 aromatic rings. The Kier molecular flexibility index (Phi) is 4.62. The first-order chi connectivity index (χ1) is 9.05. The van der Waals surface area contributed by atoms with Crippen LogP contribution in [-0.2, 0) is 6.18 Å². The Morgan fingerprint density at radius 2 is 1.65 bits per heavy atom. The molecule has 0 aliphatic heterocycles. The average molecular weight is 290 g/mol. The molecule has 20 heavy (non-hydrogen) atoms. The van der Waals surface area contributed by atoms with Crippen LogP contribution in [0.2, 0.25) is 0 Å². The standard InChI is InChI=1S/C13H17F3N2O2/c1-8(2)17(9(3)4)11-6-5-10(13(14,15)16)7-12(11)18(19)20/h5-9H,1-4H3. The number of hydrogen-bond acceptors (Lipinski definition) is 3. The second-order valence-electron chi connectivity index (χ2n) is 5.05. The number of nitro benzene ring substituents is 1. The second-order valence-corrected chi connectivity index (χ2v) is 5.05. The Hall–Kier alpha value is -1.79. The van der Waals surface area contributed by atoms with Gasteiger partial charge in [-0.1, -0.05) is 0 Å². The van der Waals surface area contributed by atoms with Gasteiger partial charge in [0.2, 0.25) is 0 Å². The second kappa shape index (κ2) is 5.68. The average Bonchev–Trinajstić information content (AvgIpc) is 2.26. The van der Waals surface area contributed by atoms with Crippen LogP contribution in [0.15, 0.2) is 18.2 Å². The maximum Gasteiger partial charge on any atom is 0.416 e. The summed E-state index contributed by atoms with van der Waals surface area (Å²) in [6.45, 7) is 7.34. The van der Waals surface area contributed by atoms with Crippen molar-refractivity contribution in [3.05, 3.63) is 33.9 Å². The molecule has 0 radical (unpaired) electrons. The molecule has 1 rings (SSSR count). The predicted octanol–water partition coefficient (Wildman–Crippen LogP) is 4.24. The Balaban J connectivity index is 3.44. The normalized spacial score (nSPS) is 12.1. The summed E-state index contributed by atoms with van der Waals surface area (Å²) >= 11 is 0. The van der Waals surface area contributed by atoms with Crippen LogP contribution < -0.4 is 4.90 Å². The molecule has 0 N–H and O–H groups in total. The first-order valence-electron chi connectivity index (χ1n) is 6.19. The van der Waals surface area contributed by atoms with Crippen molar-refractivity contribution in [3.63, 3.8) is 0 Å². The molecule has 0 aliphatic rings. The molecule has 0 fully saturated rings. The highest BCUT2D eigenvalue weighted by Crippen LogP contribution is 2.37. The van der Waals surface area contributed by atoms with E-state index in [0.717, 1.165) is 6.07 Å². The van der Waals surface area contributed by atoms with Gasteiger partial charge in [-0.15, -0.1) is 0 Å². The fourth-order valence-electron chi connectivity index (χ4n) is 2.22. The summed E-state index contributed by atoms with van der Waals surface area (Å²) in [6.07, 6.45) is -4.59. The van der Waals surface area contributed by atoms with Crippen LogP contribution in [0, 0.1) is 10.1 Å². The van der Waals surface area contributed by atoms with Gasteiger partial charge in [-0.2, -0.15) is 13.2 Å². The number of nitrogens with zero attached hydrogens (tertiary/aromatic N) is 2. The van der Waals surface area contributed by atoms with E-state index in [2.05, 4.69) is 0 Å². The van der Waals surface area contributed by atoms with E-state index < -0.39 is 22.4 Å². The van der Waals surface area contributed by atoms with Gasteiger partial charge in [0.1, 0.15) is 5.69 Å². The minimum atomic E-state index is -4.59. The third kappa shape index (κ3) is 3.40. The van der Waals surface area contributed by atoms with Crippen LogP contribution in [0.25, 0.3) is 0 Å². The summed E-state index contributed by atoms with van der Waals surface area (Å²) in [5.74, 6) is 0. The lowest BCUT2D eigenvalue weighted by molar-refractivity contribution is -0.384. The smallest absolute Gasteiger partial charge is 0.361 e. The number of hydrogen-bond donors (Lipinski definition) is 0. The van der Waals surface area contributed by atoms with Crippen molar-refractivity contribution in [2.24, 2.45) is 0 Å². The third-order valence-electron chi connectivity index (χ3n) is 2.89. The summed E-state index contributed by atoms with van der Waals surface area (Å²) in [5.41, 5.74) is -1.34. The van der Waals surface area contributed by atoms with Crippen LogP contribution >= 0.6 is 0 Å². The topological polar surface area (TPSA) is 46.4 Å². The molecule has 0 spiro atoms. The molecular weight excluding hydrogens is 273 g/mol. The van der Waals surface area contributed by atoms with E-state index >= 15 is 0 Å². The molecule has 112 valence electrons. The highest BCUT2D eigenvalue weighted by molar-refractivity contribution is 5.65. The number of alkyl halides is 3. The molecule has 0 saturated heterocycles. The first kappa shape index (κ1) is 16.3. The molecular formula is C13H17F3N2O2. The Bertz CT molecular complexity index is 491. The van der Waals surface area contributed by atoms with Gasteiger partial charge < -0.3 is 4.90 Å². The van der Waals surface area contributed by atoms with Crippen LogP contribution in [-0.4, -0.2) is 17.0 Å². The number of benzene rings is 1. The van der Waals surface area contributed by atoms with E-state index in [1.165, 1.54) is 6.07 Å². The molecule has 4 nitrogen and oxygen atoms in total. The van der Waals surface area contributed by atoms with E-state index in [1.807, 2.05) is 27.7 Å². The highest BCUT2D eigenvalue weighted by atomic mass is 19.4. The molecule has 0 aliphatic carbocycles. The van der Waals surface area contributed by atoms with Gasteiger partial charge in [0.05, 0.1) is 10.5 Å². The van der Waals surface area contributed by atoms with Crippen molar-refractivity contribution in [2.45, 2.75) is 46.0 Å². The zero-order valence-corrected chi connectivity index (χ0v) is 11.7. The minimum Gasteiger partial charge on any atom is -0.361 e. The van der Waals surface area contributed by atoms with E-state index in [9.17, 15) is 23.3 Å². The van der Waals surface area contributed by atoms with Crippen LogP contribution in [0.5, 0.6) is 0 Å². The van der Waals surface area contributed by atoms with E-state index in [0.29, 0.717) is 6.07 Å². The molecule has 0 saturated carbocycles. The van der Waals surface area contributed by atoms with Gasteiger partial charge in [0.25, 0.3) is 5.69 Å². The lowest BCUT2D eigenvalue weighted by Gasteiger charge is -2.32. The maximum atomic E-state index is 12.6. The number of anilines is 1. The zero-order valence-electron chi connectivity index (χ0n) is 11.7. The summed E-state index contributed by atoms with van der Waals surface area (Å²) in [6, 6.07) is 2.50. The molecule has 0 bridgehead atoms. The lowest BCUT2D eigenvalue weighted by atomic mass is 10.1. The Morgan fingerprint density at radius 1 is 1.15 bits per heavy atom. The van der Waals surface area contributed by atoms with Gasteiger partial charge in [-0.3, -0.25) is 10.1 Å². The Labute approximate surface area is 115 Å². The zero-order chi connectivity index (χ0) is 15.7. The fraction of sp³-hybridized carbons (Fsp3) is 0.538. The summed E-state index contributed by atoms with van der Waals surface area (Å²) < 4.78 is 37.9. The maximum absolute atomic E-state index is 12.6. The minimum absolute atomic E-state index is 0.0644. The largest absolute Gasteiger partial charge is 0.416 e. The van der Waals surface area contributed by atoms with Crippen LogP contribution in [0.1, 0.15) is 33.3 Å². The molecule has 0 unspecified atom stereocenters. The summed E-state index contributed by atoms with van der Waals surface area (Å²) in [4.78, 5) is 12.0. The van der Waals surface area contributed by atoms with Crippen molar-refractivity contribution in [1.82, 2.24) is 0 Å². The molecule has 7 heteroatoms. The van der Waals surface area contributed by atoms with Gasteiger partial charge in [0.15, 0.2) is 0 Å². The molecule has 0 heterocycles. The van der Waals surface area contributed by atoms with E-state index in [-0.39, 0.29) is 17.8 Å². The predicted molar refractivity (Wildman–Crippen MR) is 70.8 cm³/mol. The van der Waals surface area contributed by atoms with Gasteiger partial charge in [0, 0.05) is 18.2 Å². The monoisotopic (exact) mass is 290 g/mol. The van der Waals surface area contributed by atoms with Gasteiger partial charge in [-0.05, 0) is 39.8 Å². The van der Waals surface area contributed by atoms with Crippen molar-refractivity contribution >= 4 is 11.4 Å². The fourth-order valence-corrected chi connectivity index (χ4v) is 2.22.